The van der Waals surface area contributed by atoms with Gasteiger partial charge in [-0.1, -0.05) is 24.8 Å². The van der Waals surface area contributed by atoms with Crippen molar-refractivity contribution in [3.63, 3.8) is 0 Å². The third-order valence-corrected chi connectivity index (χ3v) is 3.07. The number of nitrogens with zero attached hydrogens (tertiary/aromatic N) is 1. The highest BCUT2D eigenvalue weighted by Gasteiger charge is 2.17. The fraction of sp³-hybridized carbons (Fsp3) is 0.357. The molecule has 1 heterocycles. The predicted molar refractivity (Wildman–Crippen MR) is 70.2 cm³/mol. The van der Waals surface area contributed by atoms with Crippen molar-refractivity contribution in [3.8, 4) is 0 Å². The Balaban J connectivity index is 1.78. The minimum Gasteiger partial charge on any atom is -0.371 e. The Labute approximate surface area is 102 Å². The maximum absolute atomic E-state index is 11.0. The third kappa shape index (κ3) is 2.87. The smallest absolute Gasteiger partial charge is 0.243 e. The Hall–Kier alpha value is -1.77. The van der Waals surface area contributed by atoms with Gasteiger partial charge in [-0.25, -0.2) is 0 Å². The Kier molecular flexibility index (Phi) is 3.81. The molecule has 0 bridgehead atoms. The van der Waals surface area contributed by atoms with Crippen LogP contribution in [0.15, 0.2) is 36.9 Å². The first-order valence-corrected chi connectivity index (χ1v) is 6.04. The fourth-order valence-corrected chi connectivity index (χ4v) is 2.19. The summed E-state index contributed by atoms with van der Waals surface area (Å²) in [5, 5.41) is 2.80. The van der Waals surface area contributed by atoms with Crippen molar-refractivity contribution in [1.29, 1.82) is 0 Å². The predicted octanol–water partition coefficient (Wildman–Crippen LogP) is 1.74. The number of para-hydroxylation sites is 1. The first kappa shape index (κ1) is 11.7. The summed E-state index contributed by atoms with van der Waals surface area (Å²) in [6.45, 7) is 6.22. The third-order valence-electron chi connectivity index (χ3n) is 3.07. The normalized spacial score (nSPS) is 13.3. The van der Waals surface area contributed by atoms with Gasteiger partial charge in [0.2, 0.25) is 5.91 Å². The zero-order valence-electron chi connectivity index (χ0n) is 9.98. The summed E-state index contributed by atoms with van der Waals surface area (Å²) < 4.78 is 0. The Morgan fingerprint density at radius 2 is 2.29 bits per heavy atom. The molecule has 17 heavy (non-hydrogen) atoms. The van der Waals surface area contributed by atoms with Gasteiger partial charge in [0.05, 0.1) is 0 Å². The van der Waals surface area contributed by atoms with Gasteiger partial charge in [-0.15, -0.1) is 0 Å². The van der Waals surface area contributed by atoms with Crippen molar-refractivity contribution in [2.75, 3.05) is 24.5 Å². The Morgan fingerprint density at radius 1 is 1.47 bits per heavy atom. The zero-order chi connectivity index (χ0) is 12.1. The topological polar surface area (TPSA) is 32.3 Å². The summed E-state index contributed by atoms with van der Waals surface area (Å²) in [7, 11) is 0. The largest absolute Gasteiger partial charge is 0.371 e. The van der Waals surface area contributed by atoms with E-state index in [0.717, 1.165) is 25.9 Å². The average Bonchev–Trinajstić information content (AvgIpc) is 2.78. The van der Waals surface area contributed by atoms with Gasteiger partial charge in [-0.3, -0.25) is 4.79 Å². The molecular weight excluding hydrogens is 212 g/mol. The lowest BCUT2D eigenvalue weighted by atomic mass is 10.2. The van der Waals surface area contributed by atoms with Gasteiger partial charge >= 0.3 is 0 Å². The summed E-state index contributed by atoms with van der Waals surface area (Å²) in [4.78, 5) is 13.3. The van der Waals surface area contributed by atoms with Crippen molar-refractivity contribution in [3.05, 3.63) is 42.5 Å². The van der Waals surface area contributed by atoms with Crippen LogP contribution >= 0.6 is 0 Å². The highest BCUT2D eigenvalue weighted by molar-refractivity contribution is 5.86. The van der Waals surface area contributed by atoms with E-state index in [4.69, 9.17) is 0 Å². The van der Waals surface area contributed by atoms with Gasteiger partial charge in [-0.2, -0.15) is 0 Å². The number of fused-ring (bicyclic) bond motifs is 1. The molecule has 0 saturated heterocycles. The molecule has 0 aliphatic carbocycles. The van der Waals surface area contributed by atoms with Crippen LogP contribution in [0.4, 0.5) is 5.69 Å². The molecule has 3 nitrogen and oxygen atoms in total. The molecule has 0 aromatic heterocycles. The van der Waals surface area contributed by atoms with Crippen LogP contribution in [0.1, 0.15) is 12.0 Å². The Morgan fingerprint density at radius 3 is 3.12 bits per heavy atom. The summed E-state index contributed by atoms with van der Waals surface area (Å²) >= 11 is 0. The molecule has 3 heteroatoms. The highest BCUT2D eigenvalue weighted by atomic mass is 16.1. The van der Waals surface area contributed by atoms with Gasteiger partial charge in [-0.05, 0) is 30.5 Å². The van der Waals surface area contributed by atoms with Gasteiger partial charge in [0.15, 0.2) is 0 Å². The van der Waals surface area contributed by atoms with E-state index in [2.05, 4.69) is 41.1 Å². The van der Waals surface area contributed by atoms with Crippen molar-refractivity contribution >= 4 is 11.6 Å². The van der Waals surface area contributed by atoms with E-state index in [1.54, 1.807) is 0 Å². The standard InChI is InChI=1S/C14H18N2O/c1-2-14(17)15-9-5-10-16-11-8-12-6-3-4-7-13(12)16/h2-4,6-7H,1,5,8-11H2,(H,15,17). The van der Waals surface area contributed by atoms with E-state index >= 15 is 0 Å². The minimum absolute atomic E-state index is 0.0909. The number of benzene rings is 1. The van der Waals surface area contributed by atoms with Crippen LogP contribution < -0.4 is 10.2 Å². The van der Waals surface area contributed by atoms with Crippen LogP contribution in [0.2, 0.25) is 0 Å². The first-order chi connectivity index (χ1) is 8.31. The summed E-state index contributed by atoms with van der Waals surface area (Å²) in [5.74, 6) is -0.0909. The van der Waals surface area contributed by atoms with E-state index < -0.39 is 0 Å². The number of carbonyl (C=O) groups excluding carboxylic acids is 1. The maximum atomic E-state index is 11.0. The molecule has 0 spiro atoms. The molecule has 1 aliphatic heterocycles. The second-order valence-corrected chi connectivity index (χ2v) is 4.21. The average molecular weight is 230 g/mol. The van der Waals surface area contributed by atoms with Crippen molar-refractivity contribution in [2.24, 2.45) is 0 Å². The number of hydrogen-bond donors (Lipinski definition) is 1. The van der Waals surface area contributed by atoms with E-state index in [1.807, 2.05) is 0 Å². The molecule has 1 amide bonds. The molecule has 90 valence electrons. The molecule has 0 unspecified atom stereocenters. The number of hydrogen-bond acceptors (Lipinski definition) is 2. The first-order valence-electron chi connectivity index (χ1n) is 6.04. The lowest BCUT2D eigenvalue weighted by Gasteiger charge is -2.19. The van der Waals surface area contributed by atoms with Crippen molar-refractivity contribution in [1.82, 2.24) is 5.32 Å². The monoisotopic (exact) mass is 230 g/mol. The van der Waals surface area contributed by atoms with Crippen molar-refractivity contribution < 1.29 is 4.79 Å². The quantitative estimate of drug-likeness (QED) is 0.617. The number of carbonyl (C=O) groups is 1. The highest BCUT2D eigenvalue weighted by Crippen LogP contribution is 2.26. The minimum atomic E-state index is -0.0909. The second-order valence-electron chi connectivity index (χ2n) is 4.21. The fourth-order valence-electron chi connectivity index (χ4n) is 2.19. The number of rotatable bonds is 5. The number of amides is 1. The lowest BCUT2D eigenvalue weighted by molar-refractivity contribution is -0.116. The summed E-state index contributed by atoms with van der Waals surface area (Å²) in [6.07, 6.45) is 3.41. The molecule has 1 aliphatic rings. The SMILES string of the molecule is C=CC(=O)NCCCN1CCc2ccccc21. The van der Waals surface area contributed by atoms with E-state index in [-0.39, 0.29) is 5.91 Å². The molecule has 1 N–H and O–H groups in total. The van der Waals surface area contributed by atoms with Crippen LogP contribution in [-0.4, -0.2) is 25.5 Å². The molecule has 0 radical (unpaired) electrons. The van der Waals surface area contributed by atoms with Crippen molar-refractivity contribution in [2.45, 2.75) is 12.8 Å². The molecular formula is C14H18N2O. The molecule has 1 aromatic carbocycles. The maximum Gasteiger partial charge on any atom is 0.243 e. The van der Waals surface area contributed by atoms with Gasteiger partial charge in [0.1, 0.15) is 0 Å². The Bertz CT molecular complexity index is 414. The molecule has 0 fully saturated rings. The second kappa shape index (κ2) is 5.53. The molecule has 0 saturated carbocycles. The molecule has 1 aromatic rings. The van der Waals surface area contributed by atoms with Gasteiger partial charge in [0.25, 0.3) is 0 Å². The lowest BCUT2D eigenvalue weighted by Crippen LogP contribution is -2.28. The summed E-state index contributed by atoms with van der Waals surface area (Å²) in [6, 6.07) is 8.53. The van der Waals surface area contributed by atoms with Crippen LogP contribution in [0.25, 0.3) is 0 Å². The summed E-state index contributed by atoms with van der Waals surface area (Å²) in [5.41, 5.74) is 2.78. The van der Waals surface area contributed by atoms with Gasteiger partial charge in [0, 0.05) is 25.3 Å². The van der Waals surface area contributed by atoms with Crippen LogP contribution in [0, 0.1) is 0 Å². The van der Waals surface area contributed by atoms with Crippen LogP contribution in [0.5, 0.6) is 0 Å². The zero-order valence-corrected chi connectivity index (χ0v) is 9.98. The van der Waals surface area contributed by atoms with E-state index in [9.17, 15) is 4.79 Å². The molecule has 0 atom stereocenters. The van der Waals surface area contributed by atoms with E-state index in [1.165, 1.54) is 17.3 Å². The van der Waals surface area contributed by atoms with Gasteiger partial charge < -0.3 is 10.2 Å². The van der Waals surface area contributed by atoms with Crippen LogP contribution in [0.3, 0.4) is 0 Å². The number of anilines is 1. The van der Waals surface area contributed by atoms with E-state index in [0.29, 0.717) is 6.54 Å². The number of nitrogens with one attached hydrogen (secondary N) is 1. The molecule has 2 rings (SSSR count). The van der Waals surface area contributed by atoms with Crippen LogP contribution in [-0.2, 0) is 11.2 Å².